The minimum absolute atomic E-state index is 0.313. The van der Waals surface area contributed by atoms with Crippen molar-refractivity contribution in [3.63, 3.8) is 0 Å². The number of fused-ring (bicyclic) bond motifs is 2. The van der Waals surface area contributed by atoms with E-state index < -0.39 is 0 Å². The van der Waals surface area contributed by atoms with E-state index in [1.54, 1.807) is 6.33 Å². The van der Waals surface area contributed by atoms with E-state index in [0.717, 1.165) is 65.3 Å². The summed E-state index contributed by atoms with van der Waals surface area (Å²) in [7, 11) is 0. The molecular weight excluding hydrogens is 374 g/mol. The molecule has 1 aliphatic heterocycles. The Hall–Kier alpha value is -2.93. The Morgan fingerprint density at radius 2 is 1.90 bits per heavy atom. The van der Waals surface area contributed by atoms with Crippen molar-refractivity contribution < 1.29 is 0 Å². The van der Waals surface area contributed by atoms with Crippen LogP contribution in [0.25, 0.3) is 27.9 Å². The third-order valence-electron chi connectivity index (χ3n) is 6.50. The summed E-state index contributed by atoms with van der Waals surface area (Å²) >= 11 is 0. The van der Waals surface area contributed by atoms with Crippen LogP contribution in [0.1, 0.15) is 49.3 Å². The van der Waals surface area contributed by atoms with Crippen LogP contribution in [0.5, 0.6) is 0 Å². The molecule has 5 heterocycles. The normalized spacial score (nSPS) is 15.7. The number of hydrogen-bond acceptors (Lipinski definition) is 5. The molecule has 4 aromatic rings. The van der Waals surface area contributed by atoms with E-state index in [1.807, 2.05) is 4.52 Å². The van der Waals surface area contributed by atoms with E-state index in [-0.39, 0.29) is 0 Å². The van der Waals surface area contributed by atoms with Crippen LogP contribution in [-0.2, 0) is 0 Å². The van der Waals surface area contributed by atoms with Gasteiger partial charge in [-0.1, -0.05) is 13.8 Å². The smallest absolute Gasteiger partial charge is 0.158 e. The lowest BCUT2D eigenvalue weighted by Gasteiger charge is -2.31. The van der Waals surface area contributed by atoms with Crippen LogP contribution in [0.4, 0.5) is 5.82 Å². The molecule has 7 heteroatoms. The van der Waals surface area contributed by atoms with E-state index in [0.29, 0.717) is 12.0 Å². The van der Waals surface area contributed by atoms with Crippen molar-refractivity contribution in [3.8, 4) is 11.3 Å². The SMILES string of the molecule is Cc1c(-c2[nH]c3ccc(N4CCC(N)CC4)nc3c2C(C)C)cn2ncnc2c1C. The maximum absolute atomic E-state index is 6.09. The maximum atomic E-state index is 6.09. The molecule has 0 aliphatic carbocycles. The number of hydrogen-bond donors (Lipinski definition) is 2. The molecule has 0 saturated carbocycles. The number of piperidine rings is 1. The number of H-pyrrole nitrogens is 1. The zero-order valence-electron chi connectivity index (χ0n) is 18.1. The molecule has 5 rings (SSSR count). The van der Waals surface area contributed by atoms with Crippen LogP contribution in [0.15, 0.2) is 24.7 Å². The quantitative estimate of drug-likeness (QED) is 0.541. The first-order chi connectivity index (χ1) is 14.4. The monoisotopic (exact) mass is 403 g/mol. The van der Waals surface area contributed by atoms with Crippen LogP contribution in [0.3, 0.4) is 0 Å². The lowest BCUT2D eigenvalue weighted by Crippen LogP contribution is -2.40. The lowest BCUT2D eigenvalue weighted by atomic mass is 9.95. The number of nitrogens with zero attached hydrogens (tertiary/aromatic N) is 5. The molecule has 30 heavy (non-hydrogen) atoms. The molecule has 1 fully saturated rings. The van der Waals surface area contributed by atoms with Gasteiger partial charge in [-0.15, -0.1) is 0 Å². The summed E-state index contributed by atoms with van der Waals surface area (Å²) in [5.74, 6) is 1.37. The molecule has 3 N–H and O–H groups in total. The zero-order chi connectivity index (χ0) is 21.0. The molecule has 0 atom stereocenters. The summed E-state index contributed by atoms with van der Waals surface area (Å²) in [6.07, 6.45) is 5.73. The Balaban J connectivity index is 1.68. The topological polar surface area (TPSA) is 88.1 Å². The Labute approximate surface area is 176 Å². The predicted octanol–water partition coefficient (Wildman–Crippen LogP) is 3.94. The first kappa shape index (κ1) is 19.1. The van der Waals surface area contributed by atoms with Crippen molar-refractivity contribution in [2.75, 3.05) is 18.0 Å². The fourth-order valence-corrected chi connectivity index (χ4v) is 4.61. The fourth-order valence-electron chi connectivity index (χ4n) is 4.61. The zero-order valence-corrected chi connectivity index (χ0v) is 18.1. The largest absolute Gasteiger partial charge is 0.356 e. The van der Waals surface area contributed by atoms with Gasteiger partial charge in [0, 0.05) is 36.5 Å². The highest BCUT2D eigenvalue weighted by Gasteiger charge is 2.23. The highest BCUT2D eigenvalue weighted by molar-refractivity contribution is 5.90. The van der Waals surface area contributed by atoms with Crippen LogP contribution < -0.4 is 10.6 Å². The highest BCUT2D eigenvalue weighted by atomic mass is 15.3. The van der Waals surface area contributed by atoms with Crippen molar-refractivity contribution in [3.05, 3.63) is 41.3 Å². The minimum Gasteiger partial charge on any atom is -0.356 e. The molecule has 0 aromatic carbocycles. The van der Waals surface area contributed by atoms with Gasteiger partial charge in [0.1, 0.15) is 12.1 Å². The molecule has 0 radical (unpaired) electrons. The van der Waals surface area contributed by atoms with Crippen LogP contribution >= 0.6 is 0 Å². The fraction of sp³-hybridized carbons (Fsp3) is 0.435. The van der Waals surface area contributed by atoms with Gasteiger partial charge < -0.3 is 15.6 Å². The van der Waals surface area contributed by atoms with Crippen molar-refractivity contribution in [2.45, 2.75) is 52.5 Å². The number of pyridine rings is 2. The Morgan fingerprint density at radius 3 is 2.63 bits per heavy atom. The summed E-state index contributed by atoms with van der Waals surface area (Å²) < 4.78 is 1.86. The number of aromatic amines is 1. The molecule has 0 spiro atoms. The van der Waals surface area contributed by atoms with Gasteiger partial charge in [0.05, 0.1) is 16.7 Å². The summed E-state index contributed by atoms with van der Waals surface area (Å²) in [5, 5.41) is 4.38. The lowest BCUT2D eigenvalue weighted by molar-refractivity contribution is 0.499. The first-order valence-electron chi connectivity index (χ1n) is 10.8. The van der Waals surface area contributed by atoms with Gasteiger partial charge in [-0.05, 0) is 55.9 Å². The van der Waals surface area contributed by atoms with E-state index >= 15 is 0 Å². The number of anilines is 1. The van der Waals surface area contributed by atoms with Gasteiger partial charge in [-0.2, -0.15) is 5.10 Å². The van der Waals surface area contributed by atoms with E-state index in [9.17, 15) is 0 Å². The number of nitrogens with one attached hydrogen (secondary N) is 1. The molecular formula is C23H29N7. The molecule has 4 aromatic heterocycles. The highest BCUT2D eigenvalue weighted by Crippen LogP contribution is 2.38. The number of nitrogens with two attached hydrogens (primary N) is 1. The third-order valence-corrected chi connectivity index (χ3v) is 6.50. The Bertz CT molecular complexity index is 1230. The standard InChI is InChI=1S/C23H29N7/c1-13(2)20-21(17-11-30-23(25-12-26-30)15(4)14(17)3)27-18-5-6-19(28-22(18)20)29-9-7-16(24)8-10-29/h5-6,11-13,16,27H,7-10,24H2,1-4H3. The van der Waals surface area contributed by atoms with Crippen LogP contribution in [0.2, 0.25) is 0 Å². The second-order valence-electron chi connectivity index (χ2n) is 8.78. The number of aryl methyl sites for hydroxylation is 1. The second kappa shape index (κ2) is 7.09. The summed E-state index contributed by atoms with van der Waals surface area (Å²) in [6, 6.07) is 4.60. The van der Waals surface area contributed by atoms with Gasteiger partial charge in [0.15, 0.2) is 5.65 Å². The van der Waals surface area contributed by atoms with Gasteiger partial charge in [-0.25, -0.2) is 14.5 Å². The van der Waals surface area contributed by atoms with Gasteiger partial charge in [0.2, 0.25) is 0 Å². The van der Waals surface area contributed by atoms with Crippen molar-refractivity contribution >= 4 is 22.5 Å². The van der Waals surface area contributed by atoms with E-state index in [1.165, 1.54) is 11.1 Å². The predicted molar refractivity (Wildman–Crippen MR) is 121 cm³/mol. The molecule has 1 aliphatic rings. The molecule has 1 saturated heterocycles. The molecule has 7 nitrogen and oxygen atoms in total. The first-order valence-corrected chi connectivity index (χ1v) is 10.8. The average Bonchev–Trinajstić information content (AvgIpc) is 3.35. The summed E-state index contributed by atoms with van der Waals surface area (Å²) in [6.45, 7) is 10.7. The van der Waals surface area contributed by atoms with E-state index in [2.05, 4.69) is 66.0 Å². The average molecular weight is 404 g/mol. The number of aromatic nitrogens is 5. The summed E-state index contributed by atoms with van der Waals surface area (Å²) in [4.78, 5) is 15.5. The minimum atomic E-state index is 0.313. The van der Waals surface area contributed by atoms with E-state index in [4.69, 9.17) is 10.7 Å². The van der Waals surface area contributed by atoms with Crippen LogP contribution in [0, 0.1) is 13.8 Å². The van der Waals surface area contributed by atoms with Crippen LogP contribution in [-0.4, -0.2) is 43.7 Å². The van der Waals surface area contributed by atoms with Crippen molar-refractivity contribution in [1.82, 2.24) is 24.6 Å². The Morgan fingerprint density at radius 1 is 1.13 bits per heavy atom. The van der Waals surface area contributed by atoms with Crippen molar-refractivity contribution in [2.24, 2.45) is 5.73 Å². The third kappa shape index (κ3) is 2.96. The molecule has 156 valence electrons. The molecule has 0 amide bonds. The molecule has 0 unspecified atom stereocenters. The van der Waals surface area contributed by atoms with Crippen molar-refractivity contribution in [1.29, 1.82) is 0 Å². The maximum Gasteiger partial charge on any atom is 0.158 e. The van der Waals surface area contributed by atoms with Gasteiger partial charge in [0.25, 0.3) is 0 Å². The molecule has 0 bridgehead atoms. The van der Waals surface area contributed by atoms with Gasteiger partial charge >= 0.3 is 0 Å². The summed E-state index contributed by atoms with van der Waals surface area (Å²) in [5.41, 5.74) is 15.0. The second-order valence-corrected chi connectivity index (χ2v) is 8.78. The Kier molecular flexibility index (Phi) is 4.50. The number of rotatable bonds is 3. The van der Waals surface area contributed by atoms with Gasteiger partial charge in [-0.3, -0.25) is 0 Å².